The monoisotopic (exact) mass is 305 g/mol. The molecule has 5 heteroatoms. The number of halogens is 1. The zero-order chi connectivity index (χ0) is 14.7. The third-order valence-electron chi connectivity index (χ3n) is 4.19. The van der Waals surface area contributed by atoms with Crippen molar-refractivity contribution in [3.8, 4) is 11.4 Å². The van der Waals surface area contributed by atoms with Gasteiger partial charge in [-0.25, -0.2) is 0 Å². The minimum atomic E-state index is -0.183. The maximum Gasteiger partial charge on any atom is 0.243 e. The molecule has 1 aromatic carbocycles. The molecule has 0 bridgehead atoms. The molecule has 1 unspecified atom stereocenters. The molecule has 3 rings (SSSR count). The van der Waals surface area contributed by atoms with E-state index in [0.29, 0.717) is 22.7 Å². The number of nitrogens with zero attached hydrogens (tertiary/aromatic N) is 2. The molecule has 1 saturated carbocycles. The minimum absolute atomic E-state index is 0.183. The fraction of sp³-hybridized carbons (Fsp3) is 0.500. The number of rotatable bonds is 4. The highest BCUT2D eigenvalue weighted by Gasteiger charge is 2.22. The van der Waals surface area contributed by atoms with Crippen LogP contribution in [0.4, 0.5) is 0 Å². The van der Waals surface area contributed by atoms with Gasteiger partial charge in [0.05, 0.1) is 11.1 Å². The summed E-state index contributed by atoms with van der Waals surface area (Å²) in [5.41, 5.74) is 7.00. The summed E-state index contributed by atoms with van der Waals surface area (Å²) in [7, 11) is 0. The van der Waals surface area contributed by atoms with E-state index >= 15 is 0 Å². The Morgan fingerprint density at radius 1 is 1.24 bits per heavy atom. The first-order chi connectivity index (χ1) is 10.2. The molecule has 2 aromatic rings. The summed E-state index contributed by atoms with van der Waals surface area (Å²) in [6, 6.07) is 7.29. The Morgan fingerprint density at radius 2 is 2.00 bits per heavy atom. The second-order valence-corrected chi connectivity index (χ2v) is 6.19. The highest BCUT2D eigenvalue weighted by Crippen LogP contribution is 2.31. The Morgan fingerprint density at radius 3 is 2.76 bits per heavy atom. The largest absolute Gasteiger partial charge is 0.337 e. The molecule has 1 heterocycles. The first kappa shape index (κ1) is 14.5. The van der Waals surface area contributed by atoms with Crippen molar-refractivity contribution in [1.29, 1.82) is 0 Å². The molecule has 112 valence electrons. The highest BCUT2D eigenvalue weighted by atomic mass is 35.5. The van der Waals surface area contributed by atoms with Crippen LogP contribution >= 0.6 is 11.6 Å². The number of hydrogen-bond acceptors (Lipinski definition) is 4. The molecule has 0 radical (unpaired) electrons. The summed E-state index contributed by atoms with van der Waals surface area (Å²) < 4.78 is 5.33. The normalized spacial score (nSPS) is 17.8. The van der Waals surface area contributed by atoms with E-state index in [-0.39, 0.29) is 6.04 Å². The van der Waals surface area contributed by atoms with Crippen molar-refractivity contribution in [3.05, 3.63) is 35.2 Å². The summed E-state index contributed by atoms with van der Waals surface area (Å²) >= 11 is 6.15. The van der Waals surface area contributed by atoms with Gasteiger partial charge in [0.15, 0.2) is 0 Å². The second-order valence-electron chi connectivity index (χ2n) is 5.78. The third kappa shape index (κ3) is 3.44. The van der Waals surface area contributed by atoms with E-state index in [9.17, 15) is 0 Å². The summed E-state index contributed by atoms with van der Waals surface area (Å²) in [5.74, 6) is 1.70. The summed E-state index contributed by atoms with van der Waals surface area (Å²) in [6.45, 7) is 0. The Kier molecular flexibility index (Phi) is 4.56. The predicted octanol–water partition coefficient (Wildman–Crippen LogP) is 4.36. The molecule has 1 aliphatic carbocycles. The van der Waals surface area contributed by atoms with Crippen molar-refractivity contribution >= 4 is 11.6 Å². The van der Waals surface area contributed by atoms with Crippen LogP contribution in [0.1, 0.15) is 50.5 Å². The lowest BCUT2D eigenvalue weighted by atomic mass is 9.85. The Hall–Kier alpha value is -1.39. The van der Waals surface area contributed by atoms with Crippen molar-refractivity contribution in [1.82, 2.24) is 10.1 Å². The van der Waals surface area contributed by atoms with Gasteiger partial charge in [-0.3, -0.25) is 0 Å². The first-order valence-corrected chi connectivity index (χ1v) is 7.96. The van der Waals surface area contributed by atoms with Crippen LogP contribution in [0.5, 0.6) is 0 Å². The molecule has 1 atom stereocenters. The molecule has 0 saturated heterocycles. The van der Waals surface area contributed by atoms with Crippen molar-refractivity contribution in [2.45, 2.75) is 44.6 Å². The lowest BCUT2D eigenvalue weighted by Crippen LogP contribution is -2.17. The van der Waals surface area contributed by atoms with E-state index in [1.54, 1.807) is 0 Å². The quantitative estimate of drug-likeness (QED) is 0.911. The average molecular weight is 306 g/mol. The zero-order valence-corrected chi connectivity index (χ0v) is 12.7. The van der Waals surface area contributed by atoms with Crippen molar-refractivity contribution < 1.29 is 4.52 Å². The zero-order valence-electron chi connectivity index (χ0n) is 12.0. The molecule has 21 heavy (non-hydrogen) atoms. The van der Waals surface area contributed by atoms with E-state index in [4.69, 9.17) is 21.9 Å². The molecule has 1 fully saturated rings. The SMILES string of the molecule is NC(CC1CCCCC1)c1nc(-c2ccccc2Cl)no1. The van der Waals surface area contributed by atoms with E-state index in [0.717, 1.165) is 12.0 Å². The van der Waals surface area contributed by atoms with Crippen LogP contribution in [0.2, 0.25) is 5.02 Å². The topological polar surface area (TPSA) is 64.9 Å². The molecule has 0 amide bonds. The average Bonchev–Trinajstić information content (AvgIpc) is 2.98. The fourth-order valence-corrected chi connectivity index (χ4v) is 3.24. The molecule has 1 aliphatic rings. The summed E-state index contributed by atoms with van der Waals surface area (Å²) in [5, 5.41) is 4.63. The van der Waals surface area contributed by atoms with Crippen LogP contribution < -0.4 is 5.73 Å². The number of hydrogen-bond donors (Lipinski definition) is 1. The third-order valence-corrected chi connectivity index (χ3v) is 4.52. The van der Waals surface area contributed by atoms with E-state index in [2.05, 4.69) is 10.1 Å². The number of aromatic nitrogens is 2. The standard InChI is InChI=1S/C16H20ClN3O/c17-13-9-5-4-8-12(13)15-19-16(21-20-15)14(18)10-11-6-2-1-3-7-11/h4-5,8-9,11,14H,1-3,6-7,10,18H2. The van der Waals surface area contributed by atoms with Gasteiger partial charge in [-0.15, -0.1) is 0 Å². The second kappa shape index (κ2) is 6.58. The van der Waals surface area contributed by atoms with Gasteiger partial charge in [0, 0.05) is 5.56 Å². The van der Waals surface area contributed by atoms with Gasteiger partial charge < -0.3 is 10.3 Å². The molecule has 1 aromatic heterocycles. The van der Waals surface area contributed by atoms with Gasteiger partial charge in [0.1, 0.15) is 0 Å². The van der Waals surface area contributed by atoms with Gasteiger partial charge in [0.2, 0.25) is 11.7 Å². The van der Waals surface area contributed by atoms with Crippen molar-refractivity contribution in [3.63, 3.8) is 0 Å². The van der Waals surface area contributed by atoms with Crippen LogP contribution in [-0.2, 0) is 0 Å². The number of benzene rings is 1. The first-order valence-electron chi connectivity index (χ1n) is 7.58. The maximum absolute atomic E-state index is 6.23. The number of nitrogens with two attached hydrogens (primary N) is 1. The van der Waals surface area contributed by atoms with Crippen LogP contribution in [0.3, 0.4) is 0 Å². The van der Waals surface area contributed by atoms with E-state index in [1.807, 2.05) is 24.3 Å². The van der Waals surface area contributed by atoms with Gasteiger partial charge >= 0.3 is 0 Å². The van der Waals surface area contributed by atoms with Gasteiger partial charge in [-0.1, -0.05) is 61.0 Å². The smallest absolute Gasteiger partial charge is 0.243 e. The predicted molar refractivity (Wildman–Crippen MR) is 82.9 cm³/mol. The van der Waals surface area contributed by atoms with E-state index < -0.39 is 0 Å². The summed E-state index contributed by atoms with van der Waals surface area (Å²) in [6.07, 6.45) is 7.42. The van der Waals surface area contributed by atoms with Gasteiger partial charge in [0.25, 0.3) is 0 Å². The van der Waals surface area contributed by atoms with Gasteiger partial charge in [-0.2, -0.15) is 4.98 Å². The molecule has 2 N–H and O–H groups in total. The molecule has 0 aliphatic heterocycles. The molecular weight excluding hydrogens is 286 g/mol. The van der Waals surface area contributed by atoms with Crippen LogP contribution in [0.25, 0.3) is 11.4 Å². The highest BCUT2D eigenvalue weighted by molar-refractivity contribution is 6.33. The van der Waals surface area contributed by atoms with Crippen LogP contribution in [0, 0.1) is 5.92 Å². The maximum atomic E-state index is 6.23. The van der Waals surface area contributed by atoms with Crippen LogP contribution in [-0.4, -0.2) is 10.1 Å². The van der Waals surface area contributed by atoms with Gasteiger partial charge in [-0.05, 0) is 24.5 Å². The molecular formula is C16H20ClN3O. The van der Waals surface area contributed by atoms with E-state index in [1.165, 1.54) is 32.1 Å². The lowest BCUT2D eigenvalue weighted by molar-refractivity contribution is 0.284. The van der Waals surface area contributed by atoms with Crippen LogP contribution in [0.15, 0.2) is 28.8 Å². The Balaban J connectivity index is 1.71. The minimum Gasteiger partial charge on any atom is -0.337 e. The lowest BCUT2D eigenvalue weighted by Gasteiger charge is -2.22. The fourth-order valence-electron chi connectivity index (χ4n) is 3.02. The molecule has 0 spiro atoms. The Labute approximate surface area is 129 Å². The van der Waals surface area contributed by atoms with Crippen molar-refractivity contribution in [2.24, 2.45) is 11.7 Å². The summed E-state index contributed by atoms with van der Waals surface area (Å²) in [4.78, 5) is 4.42. The molecule has 4 nitrogen and oxygen atoms in total. The Bertz CT molecular complexity index is 593. The van der Waals surface area contributed by atoms with Crippen molar-refractivity contribution in [2.75, 3.05) is 0 Å².